The average Bonchev–Trinajstić information content (AvgIpc) is 3.13. The first-order valence-electron chi connectivity index (χ1n) is 9.07. The van der Waals surface area contributed by atoms with Crippen LogP contribution >= 0.6 is 0 Å². The Hall–Kier alpha value is -3.38. The van der Waals surface area contributed by atoms with Crippen LogP contribution in [-0.2, 0) is 0 Å². The molecule has 9 heteroatoms. The number of fused-ring (bicyclic) bond motifs is 1. The van der Waals surface area contributed by atoms with Gasteiger partial charge in [0, 0.05) is 25.4 Å². The van der Waals surface area contributed by atoms with E-state index >= 15 is 0 Å². The number of nitrogens with one attached hydrogen (secondary N) is 2. The Labute approximate surface area is 167 Å². The summed E-state index contributed by atoms with van der Waals surface area (Å²) in [6.07, 6.45) is 5.07. The molecule has 150 valence electrons. The van der Waals surface area contributed by atoms with Crippen molar-refractivity contribution in [3.8, 4) is 6.07 Å². The third-order valence-electron chi connectivity index (χ3n) is 4.68. The minimum absolute atomic E-state index is 0.263. The van der Waals surface area contributed by atoms with Crippen molar-refractivity contribution in [2.75, 3.05) is 18.9 Å². The van der Waals surface area contributed by atoms with Gasteiger partial charge in [0.1, 0.15) is 24.1 Å². The van der Waals surface area contributed by atoms with Crippen LogP contribution in [0.4, 0.5) is 10.1 Å². The van der Waals surface area contributed by atoms with Gasteiger partial charge in [0.2, 0.25) is 11.7 Å². The predicted molar refractivity (Wildman–Crippen MR) is 104 cm³/mol. The van der Waals surface area contributed by atoms with Gasteiger partial charge in [0.25, 0.3) is 5.91 Å². The lowest BCUT2D eigenvalue weighted by Gasteiger charge is -2.22. The van der Waals surface area contributed by atoms with Crippen molar-refractivity contribution in [3.63, 3.8) is 0 Å². The summed E-state index contributed by atoms with van der Waals surface area (Å²) < 4.78 is 15.6. The van der Waals surface area contributed by atoms with Crippen LogP contribution < -0.4 is 15.3 Å². The molecule has 2 aromatic rings. The topological polar surface area (TPSA) is 115 Å². The second-order valence-electron chi connectivity index (χ2n) is 7.27. The Bertz CT molecular complexity index is 1010. The number of hydrogen-bond acceptors (Lipinski definition) is 6. The molecule has 3 rings (SSSR count). The van der Waals surface area contributed by atoms with Crippen LogP contribution in [0.3, 0.4) is 0 Å². The van der Waals surface area contributed by atoms with Gasteiger partial charge in [-0.3, -0.25) is 9.78 Å². The lowest BCUT2D eigenvalue weighted by Crippen LogP contribution is -2.43. The van der Waals surface area contributed by atoms with E-state index in [1.54, 1.807) is 23.9 Å². The minimum Gasteiger partial charge on any atom is -0.387 e. The number of nitrogens with zero attached hydrogens (tertiary/aromatic N) is 4. The molecule has 2 aromatic heterocycles. The van der Waals surface area contributed by atoms with Crippen LogP contribution in [0.15, 0.2) is 30.6 Å². The standard InChI is InChI=1S/C20H21FN6O2/c1-20(2,29)18(21)11-25-19(28)14-10-24-16(7-15(14)23-3)17-5-4-13-6-12(8-22)9-26-27(13)17/h4-7,9-10,17-18,29H,11H2,1-3H3,(H-,23,24,25,28)/p+1/t17?,18-/m1/s1. The summed E-state index contributed by atoms with van der Waals surface area (Å²) in [4.78, 5) is 16.8. The third-order valence-corrected chi connectivity index (χ3v) is 4.68. The maximum absolute atomic E-state index is 13.9. The molecule has 3 heterocycles. The van der Waals surface area contributed by atoms with Gasteiger partial charge >= 0.3 is 0 Å². The normalized spacial score (nSPS) is 16.1. The maximum atomic E-state index is 13.9. The number of hydrogen-bond donors (Lipinski definition) is 3. The van der Waals surface area contributed by atoms with Gasteiger partial charge in [-0.15, -0.1) is 0 Å². The number of pyridine rings is 1. The fraction of sp³-hybridized carbons (Fsp3) is 0.350. The van der Waals surface area contributed by atoms with Crippen molar-refractivity contribution in [2.24, 2.45) is 0 Å². The average molecular weight is 397 g/mol. The number of aliphatic hydroxyl groups is 1. The van der Waals surface area contributed by atoms with Crippen LogP contribution in [-0.4, -0.2) is 46.5 Å². The fourth-order valence-electron chi connectivity index (χ4n) is 2.92. The summed E-state index contributed by atoms with van der Waals surface area (Å²) in [7, 11) is 1.67. The van der Waals surface area contributed by atoms with Gasteiger partial charge in [-0.2, -0.15) is 5.26 Å². The van der Waals surface area contributed by atoms with Gasteiger partial charge in [0.15, 0.2) is 0 Å². The molecular weight excluding hydrogens is 375 g/mol. The van der Waals surface area contributed by atoms with E-state index in [0.717, 1.165) is 5.69 Å². The molecule has 0 spiro atoms. The molecule has 0 radical (unpaired) electrons. The zero-order chi connectivity index (χ0) is 21.2. The number of alkyl halides is 1. The Morgan fingerprint density at radius 3 is 2.86 bits per heavy atom. The van der Waals surface area contributed by atoms with E-state index in [-0.39, 0.29) is 18.2 Å². The van der Waals surface area contributed by atoms with Crippen LogP contribution in [0.2, 0.25) is 0 Å². The molecular formula is C20H22FN6O2+. The van der Waals surface area contributed by atoms with Gasteiger partial charge in [-0.25, -0.2) is 4.39 Å². The van der Waals surface area contributed by atoms with Gasteiger partial charge in [0.05, 0.1) is 29.0 Å². The SMILES string of the molecule is CNc1cc(C2C=Cc3cc(C#N)cn[n+]32)ncc1C(=O)NC[C@@H](F)C(C)(C)O. The van der Waals surface area contributed by atoms with Crippen molar-refractivity contribution >= 4 is 17.7 Å². The van der Waals surface area contributed by atoms with Gasteiger partial charge < -0.3 is 15.7 Å². The van der Waals surface area contributed by atoms with E-state index < -0.39 is 17.7 Å². The summed E-state index contributed by atoms with van der Waals surface area (Å²) in [5, 5.41) is 28.4. The number of anilines is 1. The predicted octanol–water partition coefficient (Wildman–Crippen LogP) is 1.13. The number of carbonyl (C=O) groups excluding carboxylic acids is 1. The molecule has 1 aliphatic rings. The molecule has 0 bridgehead atoms. The Balaban J connectivity index is 1.81. The zero-order valence-electron chi connectivity index (χ0n) is 16.3. The highest BCUT2D eigenvalue weighted by atomic mass is 19.1. The zero-order valence-corrected chi connectivity index (χ0v) is 16.3. The van der Waals surface area contributed by atoms with E-state index in [2.05, 4.69) is 26.8 Å². The summed E-state index contributed by atoms with van der Waals surface area (Å²) in [5.74, 6) is -0.493. The third kappa shape index (κ3) is 4.22. The van der Waals surface area contributed by atoms with Crippen LogP contribution in [0.25, 0.3) is 6.08 Å². The highest BCUT2D eigenvalue weighted by Gasteiger charge is 2.32. The largest absolute Gasteiger partial charge is 0.387 e. The second-order valence-corrected chi connectivity index (χ2v) is 7.27. The maximum Gasteiger partial charge on any atom is 0.255 e. The molecule has 0 aliphatic carbocycles. The smallest absolute Gasteiger partial charge is 0.255 e. The molecule has 3 N–H and O–H groups in total. The van der Waals surface area contributed by atoms with E-state index in [9.17, 15) is 14.3 Å². The van der Waals surface area contributed by atoms with Crippen LogP contribution in [0, 0.1) is 11.3 Å². The Kier molecular flexibility index (Phi) is 5.57. The van der Waals surface area contributed by atoms with Crippen LogP contribution in [0.5, 0.6) is 0 Å². The number of nitriles is 1. The van der Waals surface area contributed by atoms with E-state index in [4.69, 9.17) is 5.26 Å². The number of rotatable bonds is 6. The molecule has 1 amide bonds. The first-order valence-corrected chi connectivity index (χ1v) is 9.07. The lowest BCUT2D eigenvalue weighted by atomic mass is 10.0. The lowest BCUT2D eigenvalue weighted by molar-refractivity contribution is -0.757. The molecule has 0 aromatic carbocycles. The molecule has 2 atom stereocenters. The summed E-state index contributed by atoms with van der Waals surface area (Å²) >= 11 is 0. The summed E-state index contributed by atoms with van der Waals surface area (Å²) in [6, 6.07) is 5.25. The quantitative estimate of drug-likeness (QED) is 0.630. The van der Waals surface area contributed by atoms with Crippen LogP contribution in [0.1, 0.15) is 47.2 Å². The molecule has 1 unspecified atom stereocenters. The molecule has 0 saturated heterocycles. The molecule has 1 aliphatic heterocycles. The number of aromatic nitrogens is 3. The Morgan fingerprint density at radius 2 is 2.21 bits per heavy atom. The van der Waals surface area contributed by atoms with Crippen molar-refractivity contribution in [3.05, 3.63) is 53.1 Å². The molecule has 29 heavy (non-hydrogen) atoms. The van der Waals surface area contributed by atoms with Crippen molar-refractivity contribution < 1.29 is 19.0 Å². The molecule has 0 fully saturated rings. The highest BCUT2D eigenvalue weighted by molar-refractivity contribution is 5.99. The van der Waals surface area contributed by atoms with E-state index in [0.29, 0.717) is 16.9 Å². The number of halogens is 1. The summed E-state index contributed by atoms with van der Waals surface area (Å²) in [5.41, 5.74) is 1.15. The first kappa shape index (κ1) is 20.4. The van der Waals surface area contributed by atoms with Gasteiger partial charge in [-0.05, 0) is 31.1 Å². The highest BCUT2D eigenvalue weighted by Crippen LogP contribution is 2.24. The van der Waals surface area contributed by atoms with Crippen molar-refractivity contribution in [2.45, 2.75) is 31.7 Å². The second kappa shape index (κ2) is 7.93. The van der Waals surface area contributed by atoms with E-state index in [1.165, 1.54) is 26.2 Å². The van der Waals surface area contributed by atoms with Crippen molar-refractivity contribution in [1.29, 1.82) is 5.26 Å². The van der Waals surface area contributed by atoms with Gasteiger partial charge in [-0.1, -0.05) is 4.68 Å². The first-order chi connectivity index (χ1) is 13.7. The van der Waals surface area contributed by atoms with Crippen molar-refractivity contribution in [1.82, 2.24) is 15.4 Å². The number of allylic oxidation sites excluding steroid dienone is 1. The molecule has 0 saturated carbocycles. The fourth-order valence-corrected chi connectivity index (χ4v) is 2.92. The number of amides is 1. The summed E-state index contributed by atoms with van der Waals surface area (Å²) in [6.45, 7) is 2.38. The minimum atomic E-state index is -1.60. The Morgan fingerprint density at radius 1 is 1.45 bits per heavy atom. The monoisotopic (exact) mass is 397 g/mol. The molecule has 8 nitrogen and oxygen atoms in total. The van der Waals surface area contributed by atoms with E-state index in [1.807, 2.05) is 12.2 Å². The number of carbonyl (C=O) groups is 1.